The zero-order valence-electron chi connectivity index (χ0n) is 20.1. The highest BCUT2D eigenvalue weighted by molar-refractivity contribution is 5.97. The lowest BCUT2D eigenvalue weighted by molar-refractivity contribution is 0.0923. The van der Waals surface area contributed by atoms with Gasteiger partial charge in [0.25, 0.3) is 5.91 Å². The maximum atomic E-state index is 13.2. The first-order valence-corrected chi connectivity index (χ1v) is 12.2. The molecule has 7 heteroatoms. The van der Waals surface area contributed by atoms with Gasteiger partial charge in [-0.25, -0.2) is 9.97 Å². The molecule has 5 aromatic rings. The average molecular weight is 478 g/mol. The van der Waals surface area contributed by atoms with Crippen LogP contribution in [0.1, 0.15) is 33.9 Å². The number of ether oxygens (including phenoxy) is 1. The minimum atomic E-state index is -0.131. The number of hydrogen-bond donors (Lipinski definition) is 1. The molecule has 0 aliphatic carbocycles. The number of fused-ring (bicyclic) bond motifs is 2. The number of imidazole rings is 2. The van der Waals surface area contributed by atoms with E-state index in [1.54, 1.807) is 6.07 Å². The molecule has 2 aromatic carbocycles. The normalized spacial score (nSPS) is 15.0. The summed E-state index contributed by atoms with van der Waals surface area (Å²) in [5, 5.41) is 3.20. The van der Waals surface area contributed by atoms with Crippen LogP contribution >= 0.6 is 0 Å². The summed E-state index contributed by atoms with van der Waals surface area (Å²) < 4.78 is 10.2. The average Bonchev–Trinajstić information content (AvgIpc) is 3.51. The predicted molar refractivity (Wildman–Crippen MR) is 138 cm³/mol. The number of carbonyl (C=O) groups is 1. The Morgan fingerprint density at radius 3 is 2.72 bits per heavy atom. The summed E-state index contributed by atoms with van der Waals surface area (Å²) >= 11 is 0. The SMILES string of the molecule is Cc1ccc2nc(COc3ccccc3C(=O)NC3CCc4nc(-c5ccccc5)cn4C3)cn2c1. The topological polar surface area (TPSA) is 73.4 Å². The third kappa shape index (κ3) is 4.47. The highest BCUT2D eigenvalue weighted by Gasteiger charge is 2.24. The van der Waals surface area contributed by atoms with E-state index in [0.717, 1.165) is 46.8 Å². The van der Waals surface area contributed by atoms with Crippen LogP contribution in [0.4, 0.5) is 0 Å². The molecule has 0 saturated heterocycles. The van der Waals surface area contributed by atoms with Crippen LogP contribution in [-0.4, -0.2) is 30.9 Å². The fourth-order valence-corrected chi connectivity index (χ4v) is 4.73. The molecule has 3 aromatic heterocycles. The van der Waals surface area contributed by atoms with Gasteiger partial charge in [0, 0.05) is 43.2 Å². The lowest BCUT2D eigenvalue weighted by atomic mass is 10.1. The van der Waals surface area contributed by atoms with Gasteiger partial charge in [0.05, 0.1) is 17.0 Å². The van der Waals surface area contributed by atoms with Gasteiger partial charge in [-0.05, 0) is 37.1 Å². The summed E-state index contributed by atoms with van der Waals surface area (Å²) in [4.78, 5) is 22.6. The number of nitrogens with zero attached hydrogens (tertiary/aromatic N) is 4. The van der Waals surface area contributed by atoms with Crippen LogP contribution < -0.4 is 10.1 Å². The molecule has 180 valence electrons. The van der Waals surface area contributed by atoms with E-state index < -0.39 is 0 Å². The van der Waals surface area contributed by atoms with Crippen molar-refractivity contribution < 1.29 is 9.53 Å². The molecule has 0 fully saturated rings. The van der Waals surface area contributed by atoms with Crippen molar-refractivity contribution in [2.45, 2.75) is 39.0 Å². The zero-order valence-corrected chi connectivity index (χ0v) is 20.1. The summed E-state index contributed by atoms with van der Waals surface area (Å²) in [6.07, 6.45) is 7.74. The summed E-state index contributed by atoms with van der Waals surface area (Å²) in [6.45, 7) is 3.03. The van der Waals surface area contributed by atoms with Crippen molar-refractivity contribution in [2.75, 3.05) is 0 Å². The molecular weight excluding hydrogens is 450 g/mol. The summed E-state index contributed by atoms with van der Waals surface area (Å²) in [5.74, 6) is 1.48. The van der Waals surface area contributed by atoms with Crippen molar-refractivity contribution >= 4 is 11.6 Å². The minimum Gasteiger partial charge on any atom is -0.486 e. The van der Waals surface area contributed by atoms with E-state index in [1.165, 1.54) is 0 Å². The number of hydrogen-bond acceptors (Lipinski definition) is 4. The number of nitrogens with one attached hydrogen (secondary N) is 1. The number of aryl methyl sites for hydroxylation is 2. The van der Waals surface area contributed by atoms with Gasteiger partial charge in [-0.1, -0.05) is 48.5 Å². The number of amides is 1. The van der Waals surface area contributed by atoms with E-state index in [4.69, 9.17) is 9.72 Å². The summed E-state index contributed by atoms with van der Waals surface area (Å²) in [7, 11) is 0. The maximum absolute atomic E-state index is 13.2. The van der Waals surface area contributed by atoms with Gasteiger partial charge in [0.2, 0.25) is 0 Å². The van der Waals surface area contributed by atoms with E-state index in [-0.39, 0.29) is 18.6 Å². The molecule has 0 bridgehead atoms. The molecule has 1 aliphatic rings. The highest BCUT2D eigenvalue weighted by atomic mass is 16.5. The number of rotatable bonds is 6. The van der Waals surface area contributed by atoms with Crippen LogP contribution in [0.3, 0.4) is 0 Å². The molecule has 4 heterocycles. The lowest BCUT2D eigenvalue weighted by Gasteiger charge is -2.25. The summed E-state index contributed by atoms with van der Waals surface area (Å²) in [5.41, 5.74) is 5.45. The van der Waals surface area contributed by atoms with Crippen LogP contribution in [0.2, 0.25) is 0 Å². The first-order valence-electron chi connectivity index (χ1n) is 12.2. The number of pyridine rings is 1. The zero-order chi connectivity index (χ0) is 24.5. The van der Waals surface area contributed by atoms with Crippen molar-refractivity contribution in [1.29, 1.82) is 0 Å². The minimum absolute atomic E-state index is 0.0255. The maximum Gasteiger partial charge on any atom is 0.255 e. The fraction of sp³-hybridized carbons (Fsp3) is 0.207. The van der Waals surface area contributed by atoms with Crippen molar-refractivity contribution in [3.05, 3.63) is 108 Å². The highest BCUT2D eigenvalue weighted by Crippen LogP contribution is 2.24. The second-order valence-corrected chi connectivity index (χ2v) is 9.26. The van der Waals surface area contributed by atoms with E-state index in [9.17, 15) is 4.79 Å². The van der Waals surface area contributed by atoms with Gasteiger partial charge in [0.15, 0.2) is 0 Å². The first-order chi connectivity index (χ1) is 17.6. The first kappa shape index (κ1) is 22.1. The van der Waals surface area contributed by atoms with Gasteiger partial charge < -0.3 is 19.0 Å². The third-order valence-electron chi connectivity index (χ3n) is 6.55. The second-order valence-electron chi connectivity index (χ2n) is 9.26. The number of aromatic nitrogens is 4. The molecule has 36 heavy (non-hydrogen) atoms. The molecule has 0 saturated carbocycles. The second kappa shape index (κ2) is 9.34. The standard InChI is InChI=1S/C29H27N5O2/c1-20-11-13-27-30-23(17-33(27)15-20)19-36-26-10-6-5-9-24(26)29(35)31-22-12-14-28-32-25(18-34(28)16-22)21-7-3-2-4-8-21/h2-11,13,15,17-18,22H,12,14,16,19H2,1H3,(H,31,35). The number of para-hydroxylation sites is 1. The van der Waals surface area contributed by atoms with Crippen molar-refractivity contribution in [1.82, 2.24) is 24.3 Å². The van der Waals surface area contributed by atoms with Crippen LogP contribution in [0, 0.1) is 6.92 Å². The third-order valence-corrected chi connectivity index (χ3v) is 6.55. The predicted octanol–water partition coefficient (Wildman–Crippen LogP) is 4.83. The Hall–Kier alpha value is -4.39. The Balaban J connectivity index is 1.13. The quantitative estimate of drug-likeness (QED) is 0.380. The van der Waals surface area contributed by atoms with Gasteiger partial charge in [-0.15, -0.1) is 0 Å². The van der Waals surface area contributed by atoms with Crippen LogP contribution in [-0.2, 0) is 19.6 Å². The van der Waals surface area contributed by atoms with Gasteiger partial charge >= 0.3 is 0 Å². The molecule has 1 aliphatic heterocycles. The molecule has 1 amide bonds. The Bertz CT molecular complexity index is 1540. The van der Waals surface area contributed by atoms with E-state index in [2.05, 4.69) is 33.2 Å². The molecule has 0 radical (unpaired) electrons. The lowest BCUT2D eigenvalue weighted by Crippen LogP contribution is -2.41. The van der Waals surface area contributed by atoms with Crippen LogP contribution in [0.5, 0.6) is 5.75 Å². The summed E-state index contributed by atoms with van der Waals surface area (Å²) in [6, 6.07) is 21.6. The number of carbonyl (C=O) groups excluding carboxylic acids is 1. The van der Waals surface area contributed by atoms with E-state index in [1.807, 2.05) is 72.2 Å². The fourth-order valence-electron chi connectivity index (χ4n) is 4.73. The Labute approximate surface area is 209 Å². The molecule has 1 N–H and O–H groups in total. The molecule has 1 atom stereocenters. The molecule has 6 rings (SSSR count). The van der Waals surface area contributed by atoms with Crippen molar-refractivity contribution in [3.8, 4) is 17.0 Å². The molecule has 7 nitrogen and oxygen atoms in total. The molecule has 1 unspecified atom stereocenters. The van der Waals surface area contributed by atoms with E-state index in [0.29, 0.717) is 17.9 Å². The Morgan fingerprint density at radius 1 is 1.00 bits per heavy atom. The Kier molecular flexibility index (Phi) is 5.73. The van der Waals surface area contributed by atoms with Crippen LogP contribution in [0.15, 0.2) is 85.3 Å². The molecular formula is C29H27N5O2. The molecule has 0 spiro atoms. The smallest absolute Gasteiger partial charge is 0.255 e. The van der Waals surface area contributed by atoms with Gasteiger partial charge in [-0.3, -0.25) is 4.79 Å². The van der Waals surface area contributed by atoms with Crippen molar-refractivity contribution in [2.24, 2.45) is 0 Å². The monoisotopic (exact) mass is 477 g/mol. The van der Waals surface area contributed by atoms with Crippen molar-refractivity contribution in [3.63, 3.8) is 0 Å². The van der Waals surface area contributed by atoms with Gasteiger partial charge in [-0.2, -0.15) is 0 Å². The van der Waals surface area contributed by atoms with E-state index >= 15 is 0 Å². The Morgan fingerprint density at radius 2 is 1.83 bits per heavy atom. The number of benzene rings is 2. The van der Waals surface area contributed by atoms with Crippen LogP contribution in [0.25, 0.3) is 16.9 Å². The largest absolute Gasteiger partial charge is 0.486 e. The van der Waals surface area contributed by atoms with Gasteiger partial charge in [0.1, 0.15) is 23.8 Å².